The Kier molecular flexibility index (Phi) is 4.20. The van der Waals surface area contributed by atoms with E-state index in [0.29, 0.717) is 12.8 Å². The van der Waals surface area contributed by atoms with Gasteiger partial charge in [-0.3, -0.25) is 0 Å². The fourth-order valence-electron chi connectivity index (χ4n) is 2.11. The molecule has 2 rings (SSSR count). The van der Waals surface area contributed by atoms with Crippen LogP contribution in [0, 0.1) is 0 Å². The van der Waals surface area contributed by atoms with Crippen molar-refractivity contribution in [2.45, 2.75) is 44.0 Å². The molecule has 1 aromatic rings. The second-order valence-electron chi connectivity index (χ2n) is 4.70. The minimum absolute atomic E-state index is 0.0408. The fourth-order valence-corrected chi connectivity index (χ4v) is 2.33. The van der Waals surface area contributed by atoms with Crippen molar-refractivity contribution in [1.82, 2.24) is 4.98 Å². The molecule has 2 N–H and O–H groups in total. The van der Waals surface area contributed by atoms with E-state index in [0.717, 1.165) is 25.1 Å². The van der Waals surface area contributed by atoms with Crippen LogP contribution in [0.4, 0.5) is 19.0 Å². The van der Waals surface area contributed by atoms with Crippen LogP contribution in [0.3, 0.4) is 0 Å². The summed E-state index contributed by atoms with van der Waals surface area (Å²) in [5.74, 6) is 0.260. The highest BCUT2D eigenvalue weighted by atomic mass is 35.5. The first-order valence-electron chi connectivity index (χ1n) is 6.03. The van der Waals surface area contributed by atoms with Crippen LogP contribution < -0.4 is 5.32 Å². The van der Waals surface area contributed by atoms with E-state index in [2.05, 4.69) is 10.3 Å². The molecule has 1 heterocycles. The second kappa shape index (κ2) is 5.54. The van der Waals surface area contributed by atoms with Gasteiger partial charge in [0.2, 0.25) is 0 Å². The van der Waals surface area contributed by atoms with Gasteiger partial charge in [-0.05, 0) is 31.7 Å². The molecule has 1 aromatic heterocycles. The Hall–Kier alpha value is -1.01. The SMILES string of the molecule is OC1CCC(Nc2ncc(C(F)(F)F)cc2Cl)CC1. The molecule has 7 heteroatoms. The van der Waals surface area contributed by atoms with Gasteiger partial charge in [0, 0.05) is 12.2 Å². The van der Waals surface area contributed by atoms with E-state index in [4.69, 9.17) is 11.6 Å². The van der Waals surface area contributed by atoms with Gasteiger partial charge in [0.05, 0.1) is 16.7 Å². The number of pyridine rings is 1. The maximum absolute atomic E-state index is 12.5. The van der Waals surface area contributed by atoms with Gasteiger partial charge in [-0.15, -0.1) is 0 Å². The molecule has 0 spiro atoms. The summed E-state index contributed by atoms with van der Waals surface area (Å²) in [6, 6.07) is 0.958. The van der Waals surface area contributed by atoms with Crippen LogP contribution in [-0.4, -0.2) is 22.2 Å². The number of halogens is 4. The van der Waals surface area contributed by atoms with E-state index in [1.165, 1.54) is 0 Å². The minimum atomic E-state index is -4.44. The number of anilines is 1. The van der Waals surface area contributed by atoms with Crippen LogP contribution in [0.25, 0.3) is 0 Å². The van der Waals surface area contributed by atoms with Crippen LogP contribution >= 0.6 is 11.6 Å². The van der Waals surface area contributed by atoms with Gasteiger partial charge in [0.25, 0.3) is 0 Å². The number of aliphatic hydroxyl groups is 1. The van der Waals surface area contributed by atoms with Crippen molar-refractivity contribution in [2.24, 2.45) is 0 Å². The van der Waals surface area contributed by atoms with Crippen LogP contribution in [0.1, 0.15) is 31.2 Å². The summed E-state index contributed by atoms with van der Waals surface area (Å²) in [5.41, 5.74) is -0.859. The summed E-state index contributed by atoms with van der Waals surface area (Å²) in [6.07, 6.45) is -1.10. The van der Waals surface area contributed by atoms with E-state index >= 15 is 0 Å². The van der Waals surface area contributed by atoms with Crippen LogP contribution in [0.2, 0.25) is 5.02 Å². The van der Waals surface area contributed by atoms with Crippen molar-refractivity contribution in [1.29, 1.82) is 0 Å². The van der Waals surface area contributed by atoms with E-state index in [-0.39, 0.29) is 23.0 Å². The third-order valence-electron chi connectivity index (χ3n) is 3.21. The first kappa shape index (κ1) is 14.4. The molecule has 0 bridgehead atoms. The zero-order valence-corrected chi connectivity index (χ0v) is 10.8. The Morgan fingerprint density at radius 1 is 1.26 bits per heavy atom. The van der Waals surface area contributed by atoms with E-state index in [1.807, 2.05) is 0 Å². The summed E-state index contributed by atoms with van der Waals surface area (Å²) in [4.78, 5) is 3.73. The Morgan fingerprint density at radius 2 is 1.89 bits per heavy atom. The number of aliphatic hydroxyl groups excluding tert-OH is 1. The number of rotatable bonds is 2. The lowest BCUT2D eigenvalue weighted by atomic mass is 9.93. The highest BCUT2D eigenvalue weighted by Crippen LogP contribution is 2.33. The lowest BCUT2D eigenvalue weighted by Crippen LogP contribution is -2.28. The molecule has 1 fully saturated rings. The van der Waals surface area contributed by atoms with E-state index < -0.39 is 11.7 Å². The van der Waals surface area contributed by atoms with Crippen molar-refractivity contribution >= 4 is 17.4 Å². The highest BCUT2D eigenvalue weighted by Gasteiger charge is 2.31. The normalized spacial score (nSPS) is 24.3. The molecule has 0 atom stereocenters. The van der Waals surface area contributed by atoms with Crippen LogP contribution in [0.5, 0.6) is 0 Å². The molecule has 3 nitrogen and oxygen atoms in total. The van der Waals surface area contributed by atoms with E-state index in [1.54, 1.807) is 0 Å². The minimum Gasteiger partial charge on any atom is -0.393 e. The highest BCUT2D eigenvalue weighted by molar-refractivity contribution is 6.33. The van der Waals surface area contributed by atoms with Crippen molar-refractivity contribution < 1.29 is 18.3 Å². The third-order valence-corrected chi connectivity index (χ3v) is 3.49. The average molecular weight is 295 g/mol. The summed E-state index contributed by atoms with van der Waals surface area (Å²) < 4.78 is 37.4. The molecule has 0 saturated heterocycles. The summed E-state index contributed by atoms with van der Waals surface area (Å²) in [7, 11) is 0. The lowest BCUT2D eigenvalue weighted by molar-refractivity contribution is -0.137. The van der Waals surface area contributed by atoms with Crippen molar-refractivity contribution in [3.8, 4) is 0 Å². The Labute approximate surface area is 113 Å². The second-order valence-corrected chi connectivity index (χ2v) is 5.11. The molecule has 0 amide bonds. The molecule has 1 saturated carbocycles. The van der Waals surface area contributed by atoms with Crippen molar-refractivity contribution in [3.05, 3.63) is 22.8 Å². The molecule has 0 unspecified atom stereocenters. The standard InChI is InChI=1S/C12H14ClF3N2O/c13-10-5-7(12(14,15)16)6-17-11(10)18-8-1-3-9(19)4-2-8/h5-6,8-9,19H,1-4H2,(H,17,18). The molecular formula is C12H14ClF3N2O. The zero-order valence-electron chi connectivity index (χ0n) is 10.0. The molecule has 0 aliphatic heterocycles. The summed E-state index contributed by atoms with van der Waals surface area (Å²) >= 11 is 5.81. The Balaban J connectivity index is 2.05. The van der Waals surface area contributed by atoms with Crippen molar-refractivity contribution in [2.75, 3.05) is 5.32 Å². The van der Waals surface area contributed by atoms with Gasteiger partial charge in [-0.25, -0.2) is 4.98 Å². The average Bonchev–Trinajstić information content (AvgIpc) is 2.33. The first-order chi connectivity index (χ1) is 8.86. The number of nitrogens with zero attached hydrogens (tertiary/aromatic N) is 1. The van der Waals surface area contributed by atoms with Gasteiger partial charge in [0.15, 0.2) is 0 Å². The van der Waals surface area contributed by atoms with Gasteiger partial charge in [-0.1, -0.05) is 11.6 Å². The third kappa shape index (κ3) is 3.73. The van der Waals surface area contributed by atoms with Gasteiger partial charge in [0.1, 0.15) is 5.82 Å². The van der Waals surface area contributed by atoms with Gasteiger partial charge in [-0.2, -0.15) is 13.2 Å². The molecule has 106 valence electrons. The quantitative estimate of drug-likeness (QED) is 0.878. The van der Waals surface area contributed by atoms with Gasteiger partial charge >= 0.3 is 6.18 Å². The molecule has 0 radical (unpaired) electrons. The topological polar surface area (TPSA) is 45.1 Å². The monoisotopic (exact) mass is 294 g/mol. The predicted molar refractivity (Wildman–Crippen MR) is 66.1 cm³/mol. The zero-order chi connectivity index (χ0) is 14.0. The maximum atomic E-state index is 12.5. The van der Waals surface area contributed by atoms with Crippen molar-refractivity contribution in [3.63, 3.8) is 0 Å². The lowest BCUT2D eigenvalue weighted by Gasteiger charge is -2.27. The number of aromatic nitrogens is 1. The summed E-state index contributed by atoms with van der Waals surface area (Å²) in [6.45, 7) is 0. The van der Waals surface area contributed by atoms with Crippen LogP contribution in [-0.2, 0) is 6.18 Å². The number of nitrogens with one attached hydrogen (secondary N) is 1. The molecule has 0 aromatic carbocycles. The Morgan fingerprint density at radius 3 is 2.42 bits per heavy atom. The molecular weight excluding hydrogens is 281 g/mol. The van der Waals surface area contributed by atoms with E-state index in [9.17, 15) is 18.3 Å². The number of hydrogen-bond donors (Lipinski definition) is 2. The maximum Gasteiger partial charge on any atom is 0.417 e. The Bertz CT molecular complexity index is 445. The fraction of sp³-hybridized carbons (Fsp3) is 0.583. The van der Waals surface area contributed by atoms with Gasteiger partial charge < -0.3 is 10.4 Å². The smallest absolute Gasteiger partial charge is 0.393 e. The number of hydrogen-bond acceptors (Lipinski definition) is 3. The largest absolute Gasteiger partial charge is 0.417 e. The molecule has 1 aliphatic rings. The predicted octanol–water partition coefficient (Wildman–Crippen LogP) is 3.47. The van der Waals surface area contributed by atoms with Crippen LogP contribution in [0.15, 0.2) is 12.3 Å². The molecule has 19 heavy (non-hydrogen) atoms. The number of alkyl halides is 3. The first-order valence-corrected chi connectivity index (χ1v) is 6.41. The summed E-state index contributed by atoms with van der Waals surface area (Å²) in [5, 5.41) is 12.4. The molecule has 1 aliphatic carbocycles.